The van der Waals surface area contributed by atoms with Crippen LogP contribution in [0.3, 0.4) is 0 Å². The van der Waals surface area contributed by atoms with E-state index in [0.717, 1.165) is 52.7 Å². The Morgan fingerprint density at radius 1 is 0.610 bits per heavy atom. The van der Waals surface area contributed by atoms with Crippen molar-refractivity contribution < 1.29 is 9.47 Å². The molecule has 0 fully saturated rings. The van der Waals surface area contributed by atoms with E-state index in [9.17, 15) is 0 Å². The van der Waals surface area contributed by atoms with Crippen molar-refractivity contribution in [2.24, 2.45) is 0 Å². The fourth-order valence-electron chi connectivity index (χ4n) is 6.56. The van der Waals surface area contributed by atoms with Gasteiger partial charge in [0.15, 0.2) is 0 Å². The highest BCUT2D eigenvalue weighted by Crippen LogP contribution is 2.41. The molecule has 41 heavy (non-hydrogen) atoms. The Bertz CT molecular complexity index is 2080. The van der Waals surface area contributed by atoms with E-state index in [1.165, 1.54) is 36.8 Å². The van der Waals surface area contributed by atoms with Crippen LogP contribution < -0.4 is 30.8 Å². The molecule has 0 unspecified atom stereocenters. The first kappa shape index (κ1) is 23.0. The van der Waals surface area contributed by atoms with Gasteiger partial charge in [-0.2, -0.15) is 0 Å². The summed E-state index contributed by atoms with van der Waals surface area (Å²) in [6.45, 7) is 0.0322. The standard InChI is InChI=1S/C36H24BNO2S/c1-3-10-23(11-4-1)38(24-12-5-2-6-13-24)25-18-19-28-32(20-25)39-30-15-9-16-31-36(30)37(28)29-21-27-26-14-7-8-17-34(26)41-35(27)22-33(29)40-31/h1,3-5,7-22H,2,6H2. The van der Waals surface area contributed by atoms with Crippen molar-refractivity contribution in [1.29, 1.82) is 0 Å². The Kier molecular flexibility index (Phi) is 4.99. The molecule has 6 aromatic rings. The molecule has 3 nitrogen and oxygen atoms in total. The molecule has 5 heteroatoms. The molecule has 5 aromatic carbocycles. The number of para-hydroxylation sites is 1. The van der Waals surface area contributed by atoms with E-state index in [0.29, 0.717) is 0 Å². The molecule has 0 amide bonds. The van der Waals surface area contributed by atoms with Gasteiger partial charge in [-0.25, -0.2) is 0 Å². The number of hydrogen-bond acceptors (Lipinski definition) is 4. The maximum Gasteiger partial charge on any atom is 0.260 e. The molecule has 0 N–H and O–H groups in total. The normalized spacial score (nSPS) is 14.5. The summed E-state index contributed by atoms with van der Waals surface area (Å²) in [7, 11) is 0. The van der Waals surface area contributed by atoms with Crippen molar-refractivity contribution in [2.45, 2.75) is 12.8 Å². The molecule has 2 aliphatic heterocycles. The van der Waals surface area contributed by atoms with Crippen LogP contribution in [0.15, 0.2) is 127 Å². The summed E-state index contributed by atoms with van der Waals surface area (Å²) in [5, 5.41) is 2.58. The lowest BCUT2D eigenvalue weighted by Gasteiger charge is -2.34. The van der Waals surface area contributed by atoms with E-state index in [1.807, 2.05) is 17.4 Å². The van der Waals surface area contributed by atoms with Gasteiger partial charge >= 0.3 is 0 Å². The van der Waals surface area contributed by atoms with Crippen molar-refractivity contribution in [1.82, 2.24) is 0 Å². The monoisotopic (exact) mass is 545 g/mol. The fraction of sp³-hybridized carbons (Fsp3) is 0.0556. The van der Waals surface area contributed by atoms with E-state index < -0.39 is 0 Å². The quantitative estimate of drug-likeness (QED) is 0.209. The lowest BCUT2D eigenvalue weighted by Crippen LogP contribution is -2.57. The summed E-state index contributed by atoms with van der Waals surface area (Å²) in [6, 6.07) is 36.7. The molecule has 0 radical (unpaired) electrons. The Hall–Kier alpha value is -4.74. The summed E-state index contributed by atoms with van der Waals surface area (Å²) < 4.78 is 15.7. The van der Waals surface area contributed by atoms with Crippen molar-refractivity contribution in [3.05, 3.63) is 127 Å². The van der Waals surface area contributed by atoms with Gasteiger partial charge < -0.3 is 14.4 Å². The number of fused-ring (bicyclic) bond motifs is 7. The van der Waals surface area contributed by atoms with Crippen LogP contribution in [-0.4, -0.2) is 6.71 Å². The third-order valence-corrected chi connectivity index (χ3v) is 9.52. The zero-order valence-electron chi connectivity index (χ0n) is 22.2. The highest BCUT2D eigenvalue weighted by molar-refractivity contribution is 7.25. The van der Waals surface area contributed by atoms with Crippen molar-refractivity contribution in [3.63, 3.8) is 0 Å². The number of rotatable bonds is 3. The van der Waals surface area contributed by atoms with E-state index in [1.54, 1.807) is 0 Å². The predicted octanol–water partition coefficient (Wildman–Crippen LogP) is 8.15. The number of benzene rings is 5. The number of thiophene rings is 1. The summed E-state index contributed by atoms with van der Waals surface area (Å²) in [6.07, 6.45) is 8.92. The van der Waals surface area contributed by atoms with Crippen LogP contribution >= 0.6 is 11.3 Å². The summed E-state index contributed by atoms with van der Waals surface area (Å²) >= 11 is 1.82. The van der Waals surface area contributed by atoms with Crippen molar-refractivity contribution in [3.8, 4) is 23.0 Å². The van der Waals surface area contributed by atoms with Crippen molar-refractivity contribution >= 4 is 66.0 Å². The molecule has 9 rings (SSSR count). The number of ether oxygens (including phenoxy) is 2. The van der Waals surface area contributed by atoms with Gasteiger partial charge in [0.05, 0.1) is 0 Å². The van der Waals surface area contributed by atoms with Gasteiger partial charge in [0.2, 0.25) is 0 Å². The molecule has 3 aliphatic rings. The topological polar surface area (TPSA) is 21.7 Å². The molecule has 1 aliphatic carbocycles. The first-order valence-corrected chi connectivity index (χ1v) is 14.9. The Balaban J connectivity index is 1.24. The molecule has 0 spiro atoms. The molecule has 0 bridgehead atoms. The zero-order valence-corrected chi connectivity index (χ0v) is 23.0. The van der Waals surface area contributed by atoms with Crippen LogP contribution in [0.1, 0.15) is 12.8 Å². The van der Waals surface area contributed by atoms with Gasteiger partial charge in [0, 0.05) is 48.8 Å². The number of allylic oxidation sites excluding steroid dienone is 3. The van der Waals surface area contributed by atoms with Crippen LogP contribution in [0.25, 0.3) is 20.2 Å². The van der Waals surface area contributed by atoms with Gasteiger partial charge in [-0.3, -0.25) is 0 Å². The Labute approximate surface area is 242 Å². The predicted molar refractivity (Wildman–Crippen MR) is 172 cm³/mol. The third kappa shape index (κ3) is 3.52. The first-order valence-electron chi connectivity index (χ1n) is 14.1. The van der Waals surface area contributed by atoms with E-state index >= 15 is 0 Å². The van der Waals surface area contributed by atoms with Gasteiger partial charge in [-0.1, -0.05) is 66.7 Å². The highest BCUT2D eigenvalue weighted by atomic mass is 32.1. The summed E-state index contributed by atoms with van der Waals surface area (Å²) in [5.74, 6) is 3.56. The maximum atomic E-state index is 6.65. The van der Waals surface area contributed by atoms with Crippen LogP contribution in [0.5, 0.6) is 23.0 Å². The second-order valence-corrected chi connectivity index (χ2v) is 11.9. The second kappa shape index (κ2) is 8.88. The van der Waals surface area contributed by atoms with Gasteiger partial charge in [0.1, 0.15) is 23.0 Å². The molecule has 0 saturated carbocycles. The molecular weight excluding hydrogens is 521 g/mol. The van der Waals surface area contributed by atoms with Crippen LogP contribution in [-0.2, 0) is 0 Å². The summed E-state index contributed by atoms with van der Waals surface area (Å²) in [4.78, 5) is 2.32. The maximum absolute atomic E-state index is 6.65. The number of hydrogen-bond donors (Lipinski definition) is 0. The van der Waals surface area contributed by atoms with E-state index in [2.05, 4.69) is 120 Å². The molecule has 0 saturated heterocycles. The SMILES string of the molecule is C1=CC(N(c2ccccc2)c2ccc3c(c2)Oc2cccc4c2B3c2cc3c(cc2O4)sc2ccccc23)=CCC1. The fourth-order valence-corrected chi connectivity index (χ4v) is 7.68. The third-order valence-electron chi connectivity index (χ3n) is 8.39. The minimum absolute atomic E-state index is 0.0322. The molecule has 194 valence electrons. The van der Waals surface area contributed by atoms with Gasteiger partial charge in [-0.15, -0.1) is 11.3 Å². The van der Waals surface area contributed by atoms with E-state index in [-0.39, 0.29) is 6.71 Å². The first-order chi connectivity index (χ1) is 20.3. The minimum Gasteiger partial charge on any atom is -0.458 e. The van der Waals surface area contributed by atoms with Crippen LogP contribution in [0.2, 0.25) is 0 Å². The average Bonchev–Trinajstić information content (AvgIpc) is 3.38. The van der Waals surface area contributed by atoms with Crippen LogP contribution in [0.4, 0.5) is 11.4 Å². The minimum atomic E-state index is 0.0322. The molecule has 0 atom stereocenters. The summed E-state index contributed by atoms with van der Waals surface area (Å²) in [5.41, 5.74) is 6.86. The van der Waals surface area contributed by atoms with E-state index in [4.69, 9.17) is 9.47 Å². The van der Waals surface area contributed by atoms with Crippen LogP contribution in [0, 0.1) is 0 Å². The Morgan fingerprint density at radius 3 is 2.24 bits per heavy atom. The molecule has 1 aromatic heterocycles. The van der Waals surface area contributed by atoms with Gasteiger partial charge in [-0.05, 0) is 72.3 Å². The van der Waals surface area contributed by atoms with Gasteiger partial charge in [0.25, 0.3) is 6.71 Å². The number of anilines is 2. The number of nitrogens with zero attached hydrogens (tertiary/aromatic N) is 1. The molecule has 3 heterocycles. The molecular formula is C36H24BNO2S. The average molecular weight is 545 g/mol. The Morgan fingerprint density at radius 2 is 1.41 bits per heavy atom. The second-order valence-electron chi connectivity index (χ2n) is 10.8. The lowest BCUT2D eigenvalue weighted by molar-refractivity contribution is 0.465. The smallest absolute Gasteiger partial charge is 0.260 e. The highest BCUT2D eigenvalue weighted by Gasteiger charge is 2.40. The van der Waals surface area contributed by atoms with Crippen molar-refractivity contribution in [2.75, 3.05) is 4.90 Å². The lowest BCUT2D eigenvalue weighted by atomic mass is 9.35. The largest absolute Gasteiger partial charge is 0.458 e. The zero-order chi connectivity index (χ0) is 26.9.